The number of hydrogen-bond donors (Lipinski definition) is 1. The average molecular weight is 270 g/mol. The Morgan fingerprint density at radius 1 is 0.950 bits per heavy atom. The van der Waals surface area contributed by atoms with Crippen molar-refractivity contribution in [2.75, 3.05) is 0 Å². The Labute approximate surface area is 116 Å². The lowest BCUT2D eigenvalue weighted by atomic mass is 10.00. The second kappa shape index (κ2) is 6.52. The zero-order chi connectivity index (χ0) is 14.4. The molecule has 0 aromatic heterocycles. The van der Waals surface area contributed by atoms with Gasteiger partial charge in [-0.3, -0.25) is 9.59 Å². The predicted octanol–water partition coefficient (Wildman–Crippen LogP) is 2.60. The quantitative estimate of drug-likeness (QED) is 0.670. The van der Waals surface area contributed by atoms with Gasteiger partial charge < -0.3 is 9.84 Å². The van der Waals surface area contributed by atoms with E-state index >= 15 is 0 Å². The molecule has 0 aliphatic carbocycles. The number of benzene rings is 2. The molecule has 0 aliphatic heterocycles. The number of carbonyl (C=O) groups is 2. The molecule has 0 heterocycles. The summed E-state index contributed by atoms with van der Waals surface area (Å²) in [5.41, 5.74) is 1.23. The Morgan fingerprint density at radius 2 is 1.50 bits per heavy atom. The maximum absolute atomic E-state index is 12.0. The van der Waals surface area contributed by atoms with Gasteiger partial charge in [-0.15, -0.1) is 0 Å². The monoisotopic (exact) mass is 270 g/mol. The van der Waals surface area contributed by atoms with E-state index in [2.05, 4.69) is 0 Å². The van der Waals surface area contributed by atoms with Crippen LogP contribution in [0.15, 0.2) is 60.7 Å². The van der Waals surface area contributed by atoms with Gasteiger partial charge in [0.25, 0.3) is 0 Å². The van der Waals surface area contributed by atoms with E-state index in [9.17, 15) is 14.7 Å². The molecule has 1 atom stereocenters. The van der Waals surface area contributed by atoms with Crippen LogP contribution in [0.25, 0.3) is 0 Å². The minimum Gasteiger partial charge on any atom is -0.480 e. The summed E-state index contributed by atoms with van der Waals surface area (Å²) < 4.78 is 5.09. The van der Waals surface area contributed by atoms with Gasteiger partial charge in [-0.2, -0.15) is 0 Å². The molecule has 102 valence electrons. The molecule has 0 amide bonds. The number of carboxylic acid groups (broad SMARTS) is 1. The van der Waals surface area contributed by atoms with Gasteiger partial charge >= 0.3 is 11.9 Å². The Bertz CT molecular complexity index is 578. The van der Waals surface area contributed by atoms with E-state index in [1.165, 1.54) is 0 Å². The van der Waals surface area contributed by atoms with Gasteiger partial charge in [0, 0.05) is 0 Å². The molecule has 0 spiro atoms. The number of carbonyl (C=O) groups excluding carboxylic acids is 1. The van der Waals surface area contributed by atoms with Crippen LogP contribution in [-0.2, 0) is 20.9 Å². The van der Waals surface area contributed by atoms with Gasteiger partial charge in [0.1, 0.15) is 6.61 Å². The number of carboxylic acids is 1. The Morgan fingerprint density at radius 3 is 2.05 bits per heavy atom. The molecule has 0 fully saturated rings. The highest BCUT2D eigenvalue weighted by molar-refractivity contribution is 5.99. The summed E-state index contributed by atoms with van der Waals surface area (Å²) in [7, 11) is 0. The summed E-state index contributed by atoms with van der Waals surface area (Å²) >= 11 is 0. The fourth-order valence-corrected chi connectivity index (χ4v) is 1.84. The van der Waals surface area contributed by atoms with Crippen molar-refractivity contribution in [3.05, 3.63) is 71.8 Å². The standard InChI is InChI=1S/C16H14O4/c17-15(18)14(13-9-5-2-6-10-13)16(19)20-11-12-7-3-1-4-8-12/h1-10,14H,11H2,(H,17,18)/t14-/m0/s1. The van der Waals surface area contributed by atoms with Crippen molar-refractivity contribution in [1.82, 2.24) is 0 Å². The zero-order valence-corrected chi connectivity index (χ0v) is 10.7. The van der Waals surface area contributed by atoms with E-state index < -0.39 is 17.9 Å². The molecule has 4 nitrogen and oxygen atoms in total. The summed E-state index contributed by atoms with van der Waals surface area (Å²) in [5.74, 6) is -3.26. The number of ether oxygens (including phenoxy) is 1. The maximum Gasteiger partial charge on any atom is 0.325 e. The highest BCUT2D eigenvalue weighted by Gasteiger charge is 2.29. The lowest BCUT2D eigenvalue weighted by molar-refractivity contribution is -0.155. The summed E-state index contributed by atoms with van der Waals surface area (Å²) in [4.78, 5) is 23.2. The average Bonchev–Trinajstić information content (AvgIpc) is 2.47. The van der Waals surface area contributed by atoms with Crippen LogP contribution < -0.4 is 0 Å². The molecule has 2 rings (SSSR count). The van der Waals surface area contributed by atoms with Crippen LogP contribution in [0.1, 0.15) is 17.0 Å². The molecule has 0 bridgehead atoms. The third kappa shape index (κ3) is 3.45. The number of esters is 1. The van der Waals surface area contributed by atoms with Crippen LogP contribution in [0.3, 0.4) is 0 Å². The second-order valence-corrected chi connectivity index (χ2v) is 4.28. The highest BCUT2D eigenvalue weighted by Crippen LogP contribution is 2.18. The molecule has 2 aromatic carbocycles. The number of hydrogen-bond acceptors (Lipinski definition) is 3. The van der Waals surface area contributed by atoms with Crippen molar-refractivity contribution >= 4 is 11.9 Å². The van der Waals surface area contributed by atoms with Crippen LogP contribution in [0.2, 0.25) is 0 Å². The first-order valence-electron chi connectivity index (χ1n) is 6.17. The van der Waals surface area contributed by atoms with Crippen LogP contribution in [0.5, 0.6) is 0 Å². The Balaban J connectivity index is 2.07. The van der Waals surface area contributed by atoms with E-state index in [1.54, 1.807) is 30.3 Å². The number of rotatable bonds is 5. The third-order valence-electron chi connectivity index (χ3n) is 2.84. The lowest BCUT2D eigenvalue weighted by Crippen LogP contribution is -2.23. The summed E-state index contributed by atoms with van der Waals surface area (Å²) in [6, 6.07) is 17.5. The van der Waals surface area contributed by atoms with Crippen molar-refractivity contribution in [2.24, 2.45) is 0 Å². The molecular weight excluding hydrogens is 256 g/mol. The van der Waals surface area contributed by atoms with Crippen LogP contribution >= 0.6 is 0 Å². The topological polar surface area (TPSA) is 63.6 Å². The molecular formula is C16H14O4. The number of aliphatic carboxylic acids is 1. The van der Waals surface area contributed by atoms with E-state index in [1.807, 2.05) is 30.3 Å². The maximum atomic E-state index is 12.0. The first kappa shape index (κ1) is 13.8. The Kier molecular flexibility index (Phi) is 4.50. The van der Waals surface area contributed by atoms with Crippen LogP contribution in [0.4, 0.5) is 0 Å². The van der Waals surface area contributed by atoms with Crippen molar-refractivity contribution in [1.29, 1.82) is 0 Å². The molecule has 20 heavy (non-hydrogen) atoms. The molecule has 0 aliphatic rings. The minimum atomic E-state index is -1.29. The van der Waals surface area contributed by atoms with E-state index in [0.29, 0.717) is 5.56 Å². The Hall–Kier alpha value is -2.62. The molecule has 0 radical (unpaired) electrons. The molecule has 1 N–H and O–H groups in total. The highest BCUT2D eigenvalue weighted by atomic mass is 16.5. The van der Waals surface area contributed by atoms with Gasteiger partial charge in [-0.1, -0.05) is 60.7 Å². The fourth-order valence-electron chi connectivity index (χ4n) is 1.84. The largest absolute Gasteiger partial charge is 0.480 e. The minimum absolute atomic E-state index is 0.0658. The predicted molar refractivity (Wildman–Crippen MR) is 73.1 cm³/mol. The molecule has 2 aromatic rings. The van der Waals surface area contributed by atoms with Crippen molar-refractivity contribution in [3.63, 3.8) is 0 Å². The van der Waals surface area contributed by atoms with E-state index in [-0.39, 0.29) is 6.61 Å². The van der Waals surface area contributed by atoms with Gasteiger partial charge in [0.15, 0.2) is 5.92 Å². The third-order valence-corrected chi connectivity index (χ3v) is 2.84. The van der Waals surface area contributed by atoms with Crippen LogP contribution in [0, 0.1) is 0 Å². The summed E-state index contributed by atoms with van der Waals surface area (Å²) in [6.07, 6.45) is 0. The zero-order valence-electron chi connectivity index (χ0n) is 10.7. The lowest BCUT2D eigenvalue weighted by Gasteiger charge is -2.12. The second-order valence-electron chi connectivity index (χ2n) is 4.28. The SMILES string of the molecule is O=C(O)[C@@H](C(=O)OCc1ccccc1)c1ccccc1. The van der Waals surface area contributed by atoms with Gasteiger partial charge in [-0.05, 0) is 11.1 Å². The molecule has 0 unspecified atom stereocenters. The summed E-state index contributed by atoms with van der Waals surface area (Å²) in [5, 5.41) is 9.19. The smallest absolute Gasteiger partial charge is 0.325 e. The van der Waals surface area contributed by atoms with E-state index in [0.717, 1.165) is 5.56 Å². The van der Waals surface area contributed by atoms with Crippen molar-refractivity contribution < 1.29 is 19.4 Å². The van der Waals surface area contributed by atoms with Gasteiger partial charge in [0.2, 0.25) is 0 Å². The normalized spacial score (nSPS) is 11.6. The van der Waals surface area contributed by atoms with Crippen LogP contribution in [-0.4, -0.2) is 17.0 Å². The first-order valence-corrected chi connectivity index (χ1v) is 6.17. The van der Waals surface area contributed by atoms with Crippen molar-refractivity contribution in [2.45, 2.75) is 12.5 Å². The van der Waals surface area contributed by atoms with Gasteiger partial charge in [-0.25, -0.2) is 0 Å². The molecule has 0 saturated carbocycles. The summed E-state index contributed by atoms with van der Waals surface area (Å²) in [6.45, 7) is 0.0658. The fraction of sp³-hybridized carbons (Fsp3) is 0.125. The molecule has 0 saturated heterocycles. The van der Waals surface area contributed by atoms with Gasteiger partial charge in [0.05, 0.1) is 0 Å². The molecule has 4 heteroatoms. The van der Waals surface area contributed by atoms with Crippen molar-refractivity contribution in [3.8, 4) is 0 Å². The first-order chi connectivity index (χ1) is 9.68. The van der Waals surface area contributed by atoms with E-state index in [4.69, 9.17) is 4.74 Å².